The van der Waals surface area contributed by atoms with Crippen LogP contribution in [0.4, 0.5) is 5.69 Å². The molecule has 0 saturated heterocycles. The number of hydrogen-bond acceptors (Lipinski definition) is 4. The summed E-state index contributed by atoms with van der Waals surface area (Å²) in [5, 5.41) is 11.4. The Morgan fingerprint density at radius 1 is 1.28 bits per heavy atom. The van der Waals surface area contributed by atoms with E-state index in [0.717, 1.165) is 4.31 Å². The molecule has 7 heteroatoms. The monoisotopic (exact) mass is 272 g/mol. The molecule has 18 heavy (non-hydrogen) atoms. The number of nitrogens with zero attached hydrogens (tertiary/aromatic N) is 1. The first-order valence-electron chi connectivity index (χ1n) is 5.32. The smallest absolute Gasteiger partial charge is 0.305 e. The van der Waals surface area contributed by atoms with Crippen LogP contribution in [0.15, 0.2) is 29.2 Å². The molecule has 100 valence electrons. The lowest BCUT2D eigenvalue weighted by Crippen LogP contribution is -2.22. The summed E-state index contributed by atoms with van der Waals surface area (Å²) in [6.45, 7) is 0.301. The topological polar surface area (TPSA) is 86.7 Å². The van der Waals surface area contributed by atoms with Gasteiger partial charge < -0.3 is 10.4 Å². The van der Waals surface area contributed by atoms with Gasteiger partial charge in [-0.15, -0.1) is 0 Å². The molecule has 0 unspecified atom stereocenters. The van der Waals surface area contributed by atoms with E-state index in [1.54, 1.807) is 12.1 Å². The van der Waals surface area contributed by atoms with Crippen molar-refractivity contribution in [1.29, 1.82) is 0 Å². The van der Waals surface area contributed by atoms with Crippen LogP contribution in [-0.2, 0) is 14.8 Å². The summed E-state index contributed by atoms with van der Waals surface area (Å²) in [6.07, 6.45) is 0.0117. The molecular formula is C11H16N2O4S. The summed E-state index contributed by atoms with van der Waals surface area (Å²) >= 11 is 0. The van der Waals surface area contributed by atoms with E-state index >= 15 is 0 Å². The second kappa shape index (κ2) is 5.83. The fraction of sp³-hybridized carbons (Fsp3) is 0.364. The molecule has 0 aliphatic heterocycles. The van der Waals surface area contributed by atoms with Gasteiger partial charge in [-0.2, -0.15) is 0 Å². The molecule has 0 spiro atoms. The van der Waals surface area contributed by atoms with Crippen LogP contribution in [0.3, 0.4) is 0 Å². The number of nitrogens with one attached hydrogen (secondary N) is 1. The van der Waals surface area contributed by atoms with E-state index in [4.69, 9.17) is 5.11 Å². The molecule has 1 aromatic carbocycles. The molecule has 0 atom stereocenters. The maximum absolute atomic E-state index is 11.8. The Labute approximate surface area is 106 Å². The zero-order valence-electron chi connectivity index (χ0n) is 10.3. The van der Waals surface area contributed by atoms with Crippen LogP contribution in [-0.4, -0.2) is 44.4 Å². The average Bonchev–Trinajstić information content (AvgIpc) is 2.29. The molecule has 0 bridgehead atoms. The molecule has 0 heterocycles. The van der Waals surface area contributed by atoms with E-state index in [-0.39, 0.29) is 11.3 Å². The molecule has 6 nitrogen and oxygen atoms in total. The molecule has 1 rings (SSSR count). The van der Waals surface area contributed by atoms with Gasteiger partial charge in [-0.1, -0.05) is 0 Å². The van der Waals surface area contributed by atoms with Gasteiger partial charge in [0.15, 0.2) is 0 Å². The highest BCUT2D eigenvalue weighted by atomic mass is 32.2. The zero-order valence-corrected chi connectivity index (χ0v) is 11.1. The van der Waals surface area contributed by atoms with Crippen molar-refractivity contribution in [3.05, 3.63) is 24.3 Å². The van der Waals surface area contributed by atoms with Gasteiger partial charge in [0.25, 0.3) is 0 Å². The lowest BCUT2D eigenvalue weighted by Gasteiger charge is -2.12. The van der Waals surface area contributed by atoms with E-state index in [0.29, 0.717) is 12.2 Å². The van der Waals surface area contributed by atoms with E-state index < -0.39 is 16.0 Å². The van der Waals surface area contributed by atoms with Gasteiger partial charge in [0.05, 0.1) is 11.3 Å². The van der Waals surface area contributed by atoms with Crippen LogP contribution in [0.25, 0.3) is 0 Å². The summed E-state index contributed by atoms with van der Waals surface area (Å²) in [6, 6.07) is 6.19. The number of carbonyl (C=O) groups is 1. The van der Waals surface area contributed by atoms with E-state index in [9.17, 15) is 13.2 Å². The zero-order chi connectivity index (χ0) is 13.8. The lowest BCUT2D eigenvalue weighted by atomic mass is 10.3. The lowest BCUT2D eigenvalue weighted by molar-refractivity contribution is -0.136. The van der Waals surface area contributed by atoms with Gasteiger partial charge in [0, 0.05) is 26.3 Å². The maximum atomic E-state index is 11.8. The first-order valence-corrected chi connectivity index (χ1v) is 6.76. The van der Waals surface area contributed by atoms with Crippen LogP contribution >= 0.6 is 0 Å². The Balaban J connectivity index is 2.72. The predicted octanol–water partition coefficient (Wildman–Crippen LogP) is 0.823. The third kappa shape index (κ3) is 3.71. The number of benzene rings is 1. The molecule has 0 saturated carbocycles. The minimum atomic E-state index is -3.42. The van der Waals surface area contributed by atoms with Gasteiger partial charge in [-0.05, 0) is 24.3 Å². The second-order valence-electron chi connectivity index (χ2n) is 3.88. The Hall–Kier alpha value is -1.60. The molecule has 0 fully saturated rings. The van der Waals surface area contributed by atoms with Crippen molar-refractivity contribution in [3.63, 3.8) is 0 Å². The highest BCUT2D eigenvalue weighted by Crippen LogP contribution is 2.16. The highest BCUT2D eigenvalue weighted by molar-refractivity contribution is 7.89. The Morgan fingerprint density at radius 3 is 2.28 bits per heavy atom. The summed E-state index contributed by atoms with van der Waals surface area (Å²) in [7, 11) is -0.483. The van der Waals surface area contributed by atoms with Crippen molar-refractivity contribution >= 4 is 21.7 Å². The van der Waals surface area contributed by atoms with Crippen LogP contribution in [0, 0.1) is 0 Å². The largest absolute Gasteiger partial charge is 0.481 e. The molecule has 2 N–H and O–H groups in total. The van der Waals surface area contributed by atoms with Crippen molar-refractivity contribution < 1.29 is 18.3 Å². The Morgan fingerprint density at radius 2 is 1.83 bits per heavy atom. The van der Waals surface area contributed by atoms with Crippen LogP contribution in [0.5, 0.6) is 0 Å². The molecule has 0 amide bonds. The average molecular weight is 272 g/mol. The number of aliphatic carboxylic acids is 1. The third-order valence-electron chi connectivity index (χ3n) is 2.30. The standard InChI is InChI=1S/C11H16N2O4S/c1-13(2)18(16,17)10-5-3-9(4-6-10)12-8-7-11(14)15/h3-6,12H,7-8H2,1-2H3,(H,14,15). The molecule has 0 radical (unpaired) electrons. The fourth-order valence-corrected chi connectivity index (χ4v) is 2.17. The maximum Gasteiger partial charge on any atom is 0.305 e. The van der Waals surface area contributed by atoms with Crippen LogP contribution in [0.2, 0.25) is 0 Å². The van der Waals surface area contributed by atoms with Crippen LogP contribution < -0.4 is 5.32 Å². The number of carboxylic acids is 1. The van der Waals surface area contributed by atoms with Crippen molar-refractivity contribution in [2.45, 2.75) is 11.3 Å². The van der Waals surface area contributed by atoms with Gasteiger partial charge in [0.1, 0.15) is 0 Å². The fourth-order valence-electron chi connectivity index (χ4n) is 1.27. The third-order valence-corrected chi connectivity index (χ3v) is 4.13. The molecular weight excluding hydrogens is 256 g/mol. The molecule has 0 aliphatic carbocycles. The first kappa shape index (κ1) is 14.5. The van der Waals surface area contributed by atoms with Crippen molar-refractivity contribution in [1.82, 2.24) is 4.31 Å². The van der Waals surface area contributed by atoms with E-state index in [1.807, 2.05) is 0 Å². The molecule has 0 aromatic heterocycles. The van der Waals surface area contributed by atoms with E-state index in [1.165, 1.54) is 26.2 Å². The summed E-state index contributed by atoms with van der Waals surface area (Å²) < 4.78 is 24.7. The number of anilines is 1. The number of carboxylic acid groups (broad SMARTS) is 1. The molecule has 0 aliphatic rings. The Bertz CT molecular complexity index is 508. The summed E-state index contributed by atoms with van der Waals surface area (Å²) in [4.78, 5) is 10.5. The van der Waals surface area contributed by atoms with E-state index in [2.05, 4.69) is 5.32 Å². The van der Waals surface area contributed by atoms with Crippen molar-refractivity contribution in [2.75, 3.05) is 26.0 Å². The minimum Gasteiger partial charge on any atom is -0.481 e. The number of sulfonamides is 1. The summed E-state index contributed by atoms with van der Waals surface area (Å²) in [5.41, 5.74) is 0.689. The minimum absolute atomic E-state index is 0.0117. The Kier molecular flexibility index (Phi) is 4.69. The van der Waals surface area contributed by atoms with Crippen molar-refractivity contribution in [2.24, 2.45) is 0 Å². The molecule has 1 aromatic rings. The number of hydrogen-bond donors (Lipinski definition) is 2. The normalized spacial score (nSPS) is 11.5. The summed E-state index contributed by atoms with van der Waals surface area (Å²) in [5.74, 6) is -0.880. The highest BCUT2D eigenvalue weighted by Gasteiger charge is 2.16. The van der Waals surface area contributed by atoms with Gasteiger partial charge >= 0.3 is 5.97 Å². The first-order chi connectivity index (χ1) is 8.34. The van der Waals surface area contributed by atoms with Gasteiger partial charge in [-0.25, -0.2) is 12.7 Å². The quantitative estimate of drug-likeness (QED) is 0.800. The predicted molar refractivity (Wildman–Crippen MR) is 68.1 cm³/mol. The number of rotatable bonds is 6. The van der Waals surface area contributed by atoms with Gasteiger partial charge in [-0.3, -0.25) is 4.79 Å². The van der Waals surface area contributed by atoms with Gasteiger partial charge in [0.2, 0.25) is 10.0 Å². The SMILES string of the molecule is CN(C)S(=O)(=O)c1ccc(NCCC(=O)O)cc1. The van der Waals surface area contributed by atoms with Crippen LogP contribution in [0.1, 0.15) is 6.42 Å². The van der Waals surface area contributed by atoms with Crippen molar-refractivity contribution in [3.8, 4) is 0 Å². The second-order valence-corrected chi connectivity index (χ2v) is 6.03.